The summed E-state index contributed by atoms with van der Waals surface area (Å²) in [4.78, 5) is 6.17. The average Bonchev–Trinajstić information content (AvgIpc) is 2.90. The van der Waals surface area contributed by atoms with Crippen molar-refractivity contribution >= 4 is 11.6 Å². The van der Waals surface area contributed by atoms with Crippen molar-refractivity contribution in [2.45, 2.75) is 44.8 Å². The maximum atomic E-state index is 13.0. The van der Waals surface area contributed by atoms with Crippen LogP contribution < -0.4 is 10.2 Å². The Hall–Kier alpha value is -1.46. The Balaban J connectivity index is 2.32. The minimum atomic E-state index is -4.35. The summed E-state index contributed by atoms with van der Waals surface area (Å²) in [5.41, 5.74) is -0.650. The zero-order valence-corrected chi connectivity index (χ0v) is 11.8. The Kier molecular flexibility index (Phi) is 4.40. The average molecular weight is 287 g/mol. The van der Waals surface area contributed by atoms with Gasteiger partial charge < -0.3 is 10.2 Å². The molecule has 112 valence electrons. The molecule has 0 saturated heterocycles. The summed E-state index contributed by atoms with van der Waals surface area (Å²) >= 11 is 0. The third-order valence-corrected chi connectivity index (χ3v) is 3.73. The van der Waals surface area contributed by atoms with Crippen LogP contribution in [0.25, 0.3) is 0 Å². The Morgan fingerprint density at radius 3 is 2.50 bits per heavy atom. The molecule has 0 aliphatic heterocycles. The lowest BCUT2D eigenvalue weighted by atomic mass is 10.2. The van der Waals surface area contributed by atoms with E-state index in [0.717, 1.165) is 37.8 Å². The van der Waals surface area contributed by atoms with E-state index in [4.69, 9.17) is 0 Å². The lowest BCUT2D eigenvalue weighted by Crippen LogP contribution is -2.30. The molecule has 0 spiro atoms. The van der Waals surface area contributed by atoms with Crippen LogP contribution in [0.5, 0.6) is 0 Å². The first-order valence-corrected chi connectivity index (χ1v) is 6.98. The van der Waals surface area contributed by atoms with Crippen molar-refractivity contribution in [3.8, 4) is 0 Å². The molecule has 1 aliphatic carbocycles. The molecule has 0 bridgehead atoms. The fourth-order valence-electron chi connectivity index (χ4n) is 2.61. The minimum absolute atomic E-state index is 0.280. The highest BCUT2D eigenvalue weighted by Gasteiger charge is 2.32. The second kappa shape index (κ2) is 5.89. The van der Waals surface area contributed by atoms with Gasteiger partial charge in [0.05, 0.1) is 5.56 Å². The first-order valence-electron chi connectivity index (χ1n) is 6.98. The number of rotatable bonds is 4. The standard InChI is InChI=1S/C14H20F3N3/c1-3-18-12-8-10(14(15,16)17)9-13(19-12)20(2)11-6-4-5-7-11/h8-9,11H,3-7H2,1-2H3,(H,18,19). The van der Waals surface area contributed by atoms with Crippen molar-refractivity contribution in [2.75, 3.05) is 23.8 Å². The molecule has 0 atom stereocenters. The van der Waals surface area contributed by atoms with Gasteiger partial charge in [-0.1, -0.05) is 12.8 Å². The molecule has 1 heterocycles. The van der Waals surface area contributed by atoms with Crippen LogP contribution in [0.3, 0.4) is 0 Å². The van der Waals surface area contributed by atoms with Gasteiger partial charge in [-0.3, -0.25) is 0 Å². The van der Waals surface area contributed by atoms with Crippen LogP contribution in [0, 0.1) is 0 Å². The molecule has 0 radical (unpaired) electrons. The van der Waals surface area contributed by atoms with Gasteiger partial charge in [-0.2, -0.15) is 13.2 Å². The second-order valence-corrected chi connectivity index (χ2v) is 5.18. The number of nitrogens with zero attached hydrogens (tertiary/aromatic N) is 2. The van der Waals surface area contributed by atoms with Crippen molar-refractivity contribution < 1.29 is 13.2 Å². The van der Waals surface area contributed by atoms with Crippen molar-refractivity contribution in [3.05, 3.63) is 17.7 Å². The van der Waals surface area contributed by atoms with Gasteiger partial charge in [-0.25, -0.2) is 4.98 Å². The van der Waals surface area contributed by atoms with Gasteiger partial charge in [0.15, 0.2) is 0 Å². The highest BCUT2D eigenvalue weighted by molar-refractivity contribution is 5.51. The highest BCUT2D eigenvalue weighted by Crippen LogP contribution is 2.34. The molecular weight excluding hydrogens is 267 g/mol. The molecule has 1 fully saturated rings. The van der Waals surface area contributed by atoms with Crippen molar-refractivity contribution in [2.24, 2.45) is 0 Å². The van der Waals surface area contributed by atoms with Gasteiger partial charge in [0, 0.05) is 19.6 Å². The van der Waals surface area contributed by atoms with E-state index < -0.39 is 11.7 Å². The molecule has 1 aromatic heterocycles. The highest BCUT2D eigenvalue weighted by atomic mass is 19.4. The molecule has 1 aliphatic rings. The van der Waals surface area contributed by atoms with Crippen molar-refractivity contribution in [1.82, 2.24) is 4.98 Å². The molecule has 1 aromatic rings. The predicted octanol–water partition coefficient (Wildman–Crippen LogP) is 3.91. The zero-order valence-electron chi connectivity index (χ0n) is 11.8. The molecule has 2 rings (SSSR count). The van der Waals surface area contributed by atoms with Gasteiger partial charge in [0.2, 0.25) is 0 Å². The van der Waals surface area contributed by atoms with Crippen LogP contribution in [0.2, 0.25) is 0 Å². The lowest BCUT2D eigenvalue weighted by molar-refractivity contribution is -0.137. The first-order chi connectivity index (χ1) is 9.41. The van der Waals surface area contributed by atoms with Crippen LogP contribution in [-0.2, 0) is 6.18 Å². The van der Waals surface area contributed by atoms with Crippen molar-refractivity contribution in [1.29, 1.82) is 0 Å². The molecule has 0 unspecified atom stereocenters. The molecule has 1 saturated carbocycles. The minimum Gasteiger partial charge on any atom is -0.370 e. The van der Waals surface area contributed by atoms with Gasteiger partial charge in [-0.05, 0) is 31.9 Å². The predicted molar refractivity (Wildman–Crippen MR) is 74.1 cm³/mol. The van der Waals surface area contributed by atoms with E-state index in [-0.39, 0.29) is 5.82 Å². The maximum Gasteiger partial charge on any atom is 0.416 e. The number of pyridine rings is 1. The van der Waals surface area contributed by atoms with E-state index in [2.05, 4.69) is 10.3 Å². The molecule has 3 nitrogen and oxygen atoms in total. The van der Waals surface area contributed by atoms with E-state index in [1.807, 2.05) is 18.9 Å². The monoisotopic (exact) mass is 287 g/mol. The Morgan fingerprint density at radius 2 is 1.95 bits per heavy atom. The molecule has 6 heteroatoms. The summed E-state index contributed by atoms with van der Waals surface area (Å²) in [6.07, 6.45) is -0.0453. The first kappa shape index (κ1) is 14.9. The third-order valence-electron chi connectivity index (χ3n) is 3.73. The summed E-state index contributed by atoms with van der Waals surface area (Å²) in [6, 6.07) is 2.50. The molecule has 0 amide bonds. The molecular formula is C14H20F3N3. The number of halogens is 3. The normalized spacial score (nSPS) is 16.4. The van der Waals surface area contributed by atoms with E-state index in [0.29, 0.717) is 18.4 Å². The van der Waals surface area contributed by atoms with Crippen LogP contribution in [0.15, 0.2) is 12.1 Å². The Labute approximate surface area is 117 Å². The number of alkyl halides is 3. The summed E-state index contributed by atoms with van der Waals surface area (Å²) < 4.78 is 38.9. The largest absolute Gasteiger partial charge is 0.416 e. The van der Waals surface area contributed by atoms with Gasteiger partial charge in [0.25, 0.3) is 0 Å². The van der Waals surface area contributed by atoms with E-state index in [1.165, 1.54) is 0 Å². The Morgan fingerprint density at radius 1 is 1.30 bits per heavy atom. The van der Waals surface area contributed by atoms with Crippen LogP contribution >= 0.6 is 0 Å². The summed E-state index contributed by atoms with van der Waals surface area (Å²) in [5, 5.41) is 2.87. The number of aromatic nitrogens is 1. The van der Waals surface area contributed by atoms with Gasteiger partial charge in [0.1, 0.15) is 11.6 Å². The lowest BCUT2D eigenvalue weighted by Gasteiger charge is -2.26. The fourth-order valence-corrected chi connectivity index (χ4v) is 2.61. The number of hydrogen-bond donors (Lipinski definition) is 1. The zero-order chi connectivity index (χ0) is 14.8. The van der Waals surface area contributed by atoms with E-state index in [9.17, 15) is 13.2 Å². The van der Waals surface area contributed by atoms with Crippen LogP contribution in [0.1, 0.15) is 38.2 Å². The number of nitrogens with one attached hydrogen (secondary N) is 1. The van der Waals surface area contributed by atoms with Gasteiger partial charge in [-0.15, -0.1) is 0 Å². The quantitative estimate of drug-likeness (QED) is 0.910. The second-order valence-electron chi connectivity index (χ2n) is 5.18. The van der Waals surface area contributed by atoms with Crippen molar-refractivity contribution in [3.63, 3.8) is 0 Å². The Bertz CT molecular complexity index is 453. The fraction of sp³-hybridized carbons (Fsp3) is 0.643. The maximum absolute atomic E-state index is 13.0. The summed E-state index contributed by atoms with van der Waals surface area (Å²) in [7, 11) is 1.83. The van der Waals surface area contributed by atoms with Gasteiger partial charge >= 0.3 is 6.18 Å². The summed E-state index contributed by atoms with van der Waals surface area (Å²) in [5.74, 6) is 0.671. The SMILES string of the molecule is CCNc1cc(C(F)(F)F)cc(N(C)C2CCCC2)n1. The third kappa shape index (κ3) is 3.35. The topological polar surface area (TPSA) is 28.2 Å². The molecule has 20 heavy (non-hydrogen) atoms. The summed E-state index contributed by atoms with van der Waals surface area (Å²) in [6.45, 7) is 2.38. The molecule has 1 N–H and O–H groups in total. The smallest absolute Gasteiger partial charge is 0.370 e. The van der Waals surface area contributed by atoms with Crippen LogP contribution in [-0.4, -0.2) is 24.6 Å². The van der Waals surface area contributed by atoms with Crippen LogP contribution in [0.4, 0.5) is 24.8 Å². The number of hydrogen-bond acceptors (Lipinski definition) is 3. The van der Waals surface area contributed by atoms with E-state index in [1.54, 1.807) is 0 Å². The van der Waals surface area contributed by atoms with E-state index >= 15 is 0 Å². The molecule has 0 aromatic carbocycles. The number of anilines is 2.